The third-order valence-corrected chi connectivity index (χ3v) is 4.73. The van der Waals surface area contributed by atoms with E-state index >= 15 is 0 Å². The molecule has 2 rings (SSSR count). The van der Waals surface area contributed by atoms with Crippen molar-refractivity contribution in [2.75, 3.05) is 39.9 Å². The van der Waals surface area contributed by atoms with Crippen LogP contribution in [0.4, 0.5) is 4.79 Å². The van der Waals surface area contributed by atoms with Crippen molar-refractivity contribution in [3.8, 4) is 0 Å². The monoisotopic (exact) mass is 338 g/mol. The maximum absolute atomic E-state index is 13.0. The Morgan fingerprint density at radius 3 is 2.46 bits per heavy atom. The molecule has 0 bridgehead atoms. The maximum Gasteiger partial charge on any atom is 0.321 e. The number of nitrogens with two attached hydrogens (primary N) is 1. The normalized spacial score (nSPS) is 20.5. The molecule has 1 spiro atoms. The Balaban J connectivity index is 2.16. The first-order chi connectivity index (χ1) is 11.2. The number of amides is 4. The van der Waals surface area contributed by atoms with Gasteiger partial charge in [-0.05, 0) is 12.0 Å². The highest BCUT2D eigenvalue weighted by Gasteiger charge is 2.53. The van der Waals surface area contributed by atoms with Gasteiger partial charge >= 0.3 is 6.03 Å². The molecule has 24 heavy (non-hydrogen) atoms. The smallest absolute Gasteiger partial charge is 0.321 e. The van der Waals surface area contributed by atoms with Crippen molar-refractivity contribution in [3.63, 3.8) is 0 Å². The van der Waals surface area contributed by atoms with Gasteiger partial charge in [-0.3, -0.25) is 9.59 Å². The topological polar surface area (TPSA) is 96.2 Å². The number of morpholine rings is 1. The lowest BCUT2D eigenvalue weighted by molar-refractivity contribution is -0.154. The Bertz CT molecular complexity index is 542. The van der Waals surface area contributed by atoms with E-state index in [0.29, 0.717) is 32.8 Å². The average Bonchev–Trinajstić information content (AvgIpc) is 2.50. The number of likely N-dealkylation sites (tertiary alicyclic amines) is 1. The molecule has 0 radical (unpaired) electrons. The van der Waals surface area contributed by atoms with Crippen molar-refractivity contribution < 1.29 is 19.1 Å². The number of urea groups is 1. The molecular weight excluding hydrogens is 312 g/mol. The van der Waals surface area contributed by atoms with Crippen LogP contribution in [0, 0.1) is 5.92 Å². The highest BCUT2D eigenvalue weighted by Crippen LogP contribution is 2.32. The summed E-state index contributed by atoms with van der Waals surface area (Å²) in [4.78, 5) is 41.1. The molecule has 0 unspecified atom stereocenters. The maximum atomic E-state index is 13.0. The second-order valence-electron chi connectivity index (χ2n) is 6.81. The quantitative estimate of drug-likeness (QED) is 0.709. The first-order valence-electron chi connectivity index (χ1n) is 8.06. The van der Waals surface area contributed by atoms with Gasteiger partial charge in [-0.15, -0.1) is 0 Å². The van der Waals surface area contributed by atoms with Gasteiger partial charge in [-0.2, -0.15) is 0 Å². The largest absolute Gasteiger partial charge is 0.377 e. The number of carbonyl (C=O) groups is 3. The van der Waals surface area contributed by atoms with E-state index in [1.54, 1.807) is 16.8 Å². The van der Waals surface area contributed by atoms with Crippen LogP contribution < -0.4 is 5.73 Å². The summed E-state index contributed by atoms with van der Waals surface area (Å²) < 4.78 is 5.54. The SMILES string of the molecule is C=CC(=O)N1CC2(COCCN2C(=O)N(C)[C@H](C(N)=O)C(C)C)C1. The fourth-order valence-corrected chi connectivity index (χ4v) is 3.52. The molecule has 0 saturated carbocycles. The van der Waals surface area contributed by atoms with Crippen LogP contribution in [-0.2, 0) is 14.3 Å². The van der Waals surface area contributed by atoms with E-state index in [0.717, 1.165) is 0 Å². The molecule has 1 atom stereocenters. The predicted molar refractivity (Wildman–Crippen MR) is 88.0 cm³/mol. The molecular formula is C16H26N4O4. The van der Waals surface area contributed by atoms with Gasteiger partial charge in [-0.1, -0.05) is 20.4 Å². The van der Waals surface area contributed by atoms with Gasteiger partial charge < -0.3 is 25.2 Å². The summed E-state index contributed by atoms with van der Waals surface area (Å²) in [5.41, 5.74) is 4.92. The molecule has 2 saturated heterocycles. The third-order valence-electron chi connectivity index (χ3n) is 4.73. The Hall–Kier alpha value is -2.09. The molecule has 134 valence electrons. The van der Waals surface area contributed by atoms with E-state index in [9.17, 15) is 14.4 Å². The first-order valence-corrected chi connectivity index (χ1v) is 8.06. The van der Waals surface area contributed by atoms with Gasteiger partial charge in [0.15, 0.2) is 0 Å². The minimum absolute atomic E-state index is 0.0892. The van der Waals surface area contributed by atoms with Gasteiger partial charge in [0.25, 0.3) is 0 Å². The van der Waals surface area contributed by atoms with Crippen molar-refractivity contribution in [1.29, 1.82) is 0 Å². The van der Waals surface area contributed by atoms with Crippen LogP contribution in [0.25, 0.3) is 0 Å². The van der Waals surface area contributed by atoms with E-state index in [2.05, 4.69) is 6.58 Å². The van der Waals surface area contributed by atoms with E-state index in [1.807, 2.05) is 13.8 Å². The fraction of sp³-hybridized carbons (Fsp3) is 0.688. The lowest BCUT2D eigenvalue weighted by Gasteiger charge is -2.57. The molecule has 2 aliphatic heterocycles. The molecule has 4 amide bonds. The molecule has 8 heteroatoms. The third kappa shape index (κ3) is 3.10. The summed E-state index contributed by atoms with van der Waals surface area (Å²) in [5.74, 6) is -0.780. The fourth-order valence-electron chi connectivity index (χ4n) is 3.52. The van der Waals surface area contributed by atoms with Gasteiger partial charge in [0.2, 0.25) is 11.8 Å². The molecule has 0 aromatic rings. The molecule has 0 aromatic carbocycles. The zero-order valence-electron chi connectivity index (χ0n) is 14.5. The van der Waals surface area contributed by atoms with Crippen molar-refractivity contribution in [3.05, 3.63) is 12.7 Å². The van der Waals surface area contributed by atoms with E-state index in [-0.39, 0.29) is 17.9 Å². The Morgan fingerprint density at radius 1 is 1.33 bits per heavy atom. The van der Waals surface area contributed by atoms with Crippen molar-refractivity contribution in [1.82, 2.24) is 14.7 Å². The average molecular weight is 338 g/mol. The Kier molecular flexibility index (Phi) is 5.17. The van der Waals surface area contributed by atoms with Crippen LogP contribution in [0.2, 0.25) is 0 Å². The summed E-state index contributed by atoms with van der Waals surface area (Å²) in [6, 6.07) is -0.940. The highest BCUT2D eigenvalue weighted by molar-refractivity contribution is 5.89. The lowest BCUT2D eigenvalue weighted by Crippen LogP contribution is -2.77. The number of likely N-dealkylation sites (N-methyl/N-ethyl adjacent to an activating group) is 1. The minimum atomic E-state index is -0.677. The summed E-state index contributed by atoms with van der Waals surface area (Å²) in [6.45, 7) is 9.20. The zero-order chi connectivity index (χ0) is 18.1. The number of hydrogen-bond donors (Lipinski definition) is 1. The number of ether oxygens (including phenoxy) is 1. The molecule has 2 fully saturated rings. The zero-order valence-corrected chi connectivity index (χ0v) is 14.5. The van der Waals surface area contributed by atoms with Crippen molar-refractivity contribution >= 4 is 17.8 Å². The van der Waals surface area contributed by atoms with Crippen LogP contribution in [0.5, 0.6) is 0 Å². The summed E-state index contributed by atoms with van der Waals surface area (Å²) >= 11 is 0. The molecule has 2 N–H and O–H groups in total. The minimum Gasteiger partial charge on any atom is -0.377 e. The highest BCUT2D eigenvalue weighted by atomic mass is 16.5. The van der Waals surface area contributed by atoms with Crippen molar-refractivity contribution in [2.45, 2.75) is 25.4 Å². The summed E-state index contributed by atoms with van der Waals surface area (Å²) in [6.07, 6.45) is 1.26. The number of carbonyl (C=O) groups excluding carboxylic acids is 3. The number of nitrogens with zero attached hydrogens (tertiary/aromatic N) is 3. The second-order valence-corrected chi connectivity index (χ2v) is 6.81. The molecule has 0 aliphatic carbocycles. The Morgan fingerprint density at radius 2 is 1.96 bits per heavy atom. The Labute approximate surface area is 142 Å². The van der Waals surface area contributed by atoms with E-state index in [4.69, 9.17) is 10.5 Å². The predicted octanol–water partition coefficient (Wildman–Crippen LogP) is -0.353. The molecule has 8 nitrogen and oxygen atoms in total. The summed E-state index contributed by atoms with van der Waals surface area (Å²) in [7, 11) is 1.59. The van der Waals surface area contributed by atoms with Gasteiger partial charge in [0.05, 0.1) is 13.2 Å². The van der Waals surface area contributed by atoms with E-state index in [1.165, 1.54) is 11.0 Å². The number of hydrogen-bond acceptors (Lipinski definition) is 4. The van der Waals surface area contributed by atoms with Gasteiger partial charge in [0, 0.05) is 26.7 Å². The van der Waals surface area contributed by atoms with Crippen molar-refractivity contribution in [2.24, 2.45) is 11.7 Å². The van der Waals surface area contributed by atoms with Crippen LogP contribution in [-0.4, -0.2) is 84.0 Å². The number of primary amides is 1. The molecule has 2 heterocycles. The summed E-state index contributed by atoms with van der Waals surface area (Å²) in [5, 5.41) is 0. The van der Waals surface area contributed by atoms with Gasteiger partial charge in [-0.25, -0.2) is 4.79 Å². The molecule has 0 aromatic heterocycles. The standard InChI is InChI=1S/C16H26N4O4/c1-5-12(21)19-8-16(9-19)10-24-7-6-20(16)15(23)18(4)13(11(2)3)14(17)22/h5,11,13H,1,6-10H2,2-4H3,(H2,17,22)/t13-/m0/s1. The molecule has 2 aliphatic rings. The first kappa shape index (κ1) is 18.3. The lowest BCUT2D eigenvalue weighted by atomic mass is 9.87. The number of rotatable bonds is 4. The van der Waals surface area contributed by atoms with E-state index < -0.39 is 17.5 Å². The van der Waals surface area contributed by atoms with Crippen LogP contribution in [0.15, 0.2) is 12.7 Å². The van der Waals surface area contributed by atoms with Crippen LogP contribution in [0.1, 0.15) is 13.8 Å². The van der Waals surface area contributed by atoms with Gasteiger partial charge in [0.1, 0.15) is 11.6 Å². The van der Waals surface area contributed by atoms with Crippen LogP contribution in [0.3, 0.4) is 0 Å². The second kappa shape index (κ2) is 6.80. The van der Waals surface area contributed by atoms with Crippen LogP contribution >= 0.6 is 0 Å².